The third-order valence-electron chi connectivity index (χ3n) is 3.28. The van der Waals surface area contributed by atoms with Gasteiger partial charge in [0.05, 0.1) is 6.04 Å². The number of ether oxygens (including phenoxy) is 1. The predicted octanol–water partition coefficient (Wildman–Crippen LogP) is 4.70. The zero-order valence-corrected chi connectivity index (χ0v) is 16.8. The zero-order chi connectivity index (χ0) is 20.7. The third kappa shape index (κ3) is 8.51. The topological polar surface area (TPSA) is 75.6 Å². The van der Waals surface area contributed by atoms with Crippen molar-refractivity contribution in [3.63, 3.8) is 0 Å². The van der Waals surface area contributed by atoms with Gasteiger partial charge in [0, 0.05) is 12.7 Å². The number of benzene rings is 2. The van der Waals surface area contributed by atoms with Crippen LogP contribution in [0.25, 0.3) is 0 Å². The SMILES string of the molecule is CC.CCC.CO[C@@H](C(=O)O)C(NC(=O)c1ccccc1)c1ccccc1. The fourth-order valence-electron chi connectivity index (χ4n) is 2.19. The van der Waals surface area contributed by atoms with Gasteiger partial charge in [0.2, 0.25) is 0 Å². The van der Waals surface area contributed by atoms with Crippen LogP contribution in [0.1, 0.15) is 56.1 Å². The van der Waals surface area contributed by atoms with Crippen LogP contribution in [0.15, 0.2) is 60.7 Å². The maximum atomic E-state index is 12.3. The van der Waals surface area contributed by atoms with E-state index in [9.17, 15) is 14.7 Å². The summed E-state index contributed by atoms with van der Waals surface area (Å²) in [6.07, 6.45) is 0.0788. The number of nitrogens with one attached hydrogen (secondary N) is 1. The predicted molar refractivity (Wildman–Crippen MR) is 109 cm³/mol. The summed E-state index contributed by atoms with van der Waals surface area (Å²) in [7, 11) is 1.31. The van der Waals surface area contributed by atoms with E-state index < -0.39 is 18.1 Å². The second-order valence-electron chi connectivity index (χ2n) is 5.43. The molecule has 0 aliphatic heterocycles. The van der Waals surface area contributed by atoms with Crippen molar-refractivity contribution in [1.29, 1.82) is 0 Å². The van der Waals surface area contributed by atoms with E-state index in [-0.39, 0.29) is 5.91 Å². The average molecular weight is 373 g/mol. The van der Waals surface area contributed by atoms with Crippen molar-refractivity contribution in [2.75, 3.05) is 7.11 Å². The highest BCUT2D eigenvalue weighted by molar-refractivity contribution is 5.94. The standard InChI is InChI=1S/C17H17NO4.C3H8.C2H6/c1-22-15(17(20)21)14(12-8-4-2-5-9-12)18-16(19)13-10-6-3-7-11-13;1-3-2;1-2/h2-11,14-15H,1H3,(H,18,19)(H,20,21);3H2,1-2H3;1-2H3/t14?,15-;;/m1../s1. The largest absolute Gasteiger partial charge is 0.479 e. The van der Waals surface area contributed by atoms with Crippen LogP contribution in [0.3, 0.4) is 0 Å². The van der Waals surface area contributed by atoms with Crippen molar-refractivity contribution in [3.8, 4) is 0 Å². The van der Waals surface area contributed by atoms with E-state index in [1.165, 1.54) is 13.5 Å². The Kier molecular flexibility index (Phi) is 13.1. The van der Waals surface area contributed by atoms with Crippen LogP contribution in [-0.2, 0) is 9.53 Å². The molecule has 0 aromatic heterocycles. The van der Waals surface area contributed by atoms with Gasteiger partial charge < -0.3 is 15.2 Å². The highest BCUT2D eigenvalue weighted by atomic mass is 16.5. The van der Waals surface area contributed by atoms with E-state index in [2.05, 4.69) is 19.2 Å². The minimum absolute atomic E-state index is 0.349. The first kappa shape index (κ1) is 24.3. The van der Waals surface area contributed by atoms with E-state index in [0.717, 1.165) is 0 Å². The molecule has 0 aliphatic carbocycles. The summed E-state index contributed by atoms with van der Waals surface area (Å²) in [5.41, 5.74) is 1.13. The molecule has 0 heterocycles. The molecule has 1 unspecified atom stereocenters. The lowest BCUT2D eigenvalue weighted by molar-refractivity contribution is -0.150. The van der Waals surface area contributed by atoms with Gasteiger partial charge in [-0.2, -0.15) is 0 Å². The summed E-state index contributed by atoms with van der Waals surface area (Å²) in [5.74, 6) is -1.48. The Morgan fingerprint density at radius 1 is 0.963 bits per heavy atom. The molecule has 5 nitrogen and oxygen atoms in total. The number of carboxylic acids is 1. The molecule has 1 amide bonds. The molecule has 0 fully saturated rings. The number of hydrogen-bond acceptors (Lipinski definition) is 3. The van der Waals surface area contributed by atoms with Gasteiger partial charge in [-0.25, -0.2) is 4.79 Å². The highest BCUT2D eigenvalue weighted by Gasteiger charge is 2.31. The quantitative estimate of drug-likeness (QED) is 0.769. The monoisotopic (exact) mass is 373 g/mol. The van der Waals surface area contributed by atoms with E-state index in [1.807, 2.05) is 19.9 Å². The van der Waals surface area contributed by atoms with Crippen molar-refractivity contribution in [3.05, 3.63) is 71.8 Å². The van der Waals surface area contributed by atoms with E-state index in [1.54, 1.807) is 54.6 Å². The second kappa shape index (κ2) is 14.5. The molecule has 0 saturated carbocycles. The van der Waals surface area contributed by atoms with Gasteiger partial charge in [0.25, 0.3) is 5.91 Å². The molecule has 27 heavy (non-hydrogen) atoms. The summed E-state index contributed by atoms with van der Waals surface area (Å²) in [6, 6.07) is 16.8. The van der Waals surface area contributed by atoms with Gasteiger partial charge >= 0.3 is 5.97 Å². The molecule has 0 bridgehead atoms. The molecule has 2 aromatic rings. The molecule has 0 saturated heterocycles. The second-order valence-corrected chi connectivity index (χ2v) is 5.43. The summed E-state index contributed by atoms with van der Waals surface area (Å²) in [5, 5.41) is 12.0. The van der Waals surface area contributed by atoms with Crippen molar-refractivity contribution >= 4 is 11.9 Å². The fraction of sp³-hybridized carbons (Fsp3) is 0.364. The summed E-state index contributed by atoms with van der Waals surface area (Å²) < 4.78 is 5.05. The molecule has 2 aromatic carbocycles. The minimum atomic E-state index is -1.17. The highest BCUT2D eigenvalue weighted by Crippen LogP contribution is 2.20. The van der Waals surface area contributed by atoms with E-state index >= 15 is 0 Å². The van der Waals surface area contributed by atoms with Crippen LogP contribution in [0, 0.1) is 0 Å². The molecule has 0 spiro atoms. The molecule has 2 rings (SSSR count). The first-order chi connectivity index (χ1) is 13.0. The molecule has 148 valence electrons. The first-order valence-corrected chi connectivity index (χ1v) is 9.21. The molecule has 0 aliphatic rings. The van der Waals surface area contributed by atoms with Crippen molar-refractivity contribution in [2.24, 2.45) is 0 Å². The molecular weight excluding hydrogens is 342 g/mol. The fourth-order valence-corrected chi connectivity index (χ4v) is 2.19. The van der Waals surface area contributed by atoms with Crippen molar-refractivity contribution < 1.29 is 19.4 Å². The molecule has 2 atom stereocenters. The molecule has 5 heteroatoms. The Balaban J connectivity index is 0.00000123. The van der Waals surface area contributed by atoms with Crippen LogP contribution >= 0.6 is 0 Å². The van der Waals surface area contributed by atoms with Crippen LogP contribution in [0.5, 0.6) is 0 Å². The normalized spacial score (nSPS) is 11.6. The minimum Gasteiger partial charge on any atom is -0.479 e. The van der Waals surface area contributed by atoms with Gasteiger partial charge in [-0.1, -0.05) is 82.6 Å². The Hall–Kier alpha value is -2.66. The number of rotatable bonds is 6. The summed E-state index contributed by atoms with van der Waals surface area (Å²) in [4.78, 5) is 23.7. The number of methoxy groups -OCH3 is 1. The van der Waals surface area contributed by atoms with E-state index in [0.29, 0.717) is 11.1 Å². The Morgan fingerprint density at radius 3 is 1.81 bits per heavy atom. The van der Waals surface area contributed by atoms with Crippen LogP contribution in [-0.4, -0.2) is 30.2 Å². The van der Waals surface area contributed by atoms with Crippen LogP contribution in [0.4, 0.5) is 0 Å². The van der Waals surface area contributed by atoms with Gasteiger partial charge in [-0.05, 0) is 17.7 Å². The Morgan fingerprint density at radius 2 is 1.41 bits per heavy atom. The number of carbonyl (C=O) groups is 2. The van der Waals surface area contributed by atoms with Gasteiger partial charge in [-0.15, -0.1) is 0 Å². The Labute approximate surface area is 162 Å². The summed E-state index contributed by atoms with van der Waals surface area (Å²) >= 11 is 0. The smallest absolute Gasteiger partial charge is 0.335 e. The Bertz CT molecular complexity index is 644. The van der Waals surface area contributed by atoms with Gasteiger partial charge in [0.1, 0.15) is 0 Å². The average Bonchev–Trinajstić information content (AvgIpc) is 2.71. The lowest BCUT2D eigenvalue weighted by Gasteiger charge is -2.24. The lowest BCUT2D eigenvalue weighted by Crippen LogP contribution is -2.41. The van der Waals surface area contributed by atoms with Crippen LogP contribution < -0.4 is 5.32 Å². The lowest BCUT2D eigenvalue weighted by atomic mass is 10.0. The zero-order valence-electron chi connectivity index (χ0n) is 16.8. The maximum Gasteiger partial charge on any atom is 0.335 e. The third-order valence-corrected chi connectivity index (χ3v) is 3.28. The summed E-state index contributed by atoms with van der Waals surface area (Å²) in [6.45, 7) is 8.25. The molecular formula is C22H31NO4. The number of amides is 1. The number of hydrogen-bond donors (Lipinski definition) is 2. The first-order valence-electron chi connectivity index (χ1n) is 9.21. The van der Waals surface area contributed by atoms with Crippen molar-refractivity contribution in [2.45, 2.75) is 46.3 Å². The number of carboxylic acid groups (broad SMARTS) is 1. The maximum absolute atomic E-state index is 12.3. The molecule has 2 N–H and O–H groups in total. The molecule has 0 radical (unpaired) electrons. The number of aliphatic carboxylic acids is 1. The van der Waals surface area contributed by atoms with Crippen molar-refractivity contribution in [1.82, 2.24) is 5.32 Å². The van der Waals surface area contributed by atoms with E-state index in [4.69, 9.17) is 4.74 Å². The van der Waals surface area contributed by atoms with Gasteiger partial charge in [-0.3, -0.25) is 4.79 Å². The number of carbonyl (C=O) groups excluding carboxylic acids is 1. The van der Waals surface area contributed by atoms with Gasteiger partial charge in [0.15, 0.2) is 6.10 Å². The van der Waals surface area contributed by atoms with Crippen LogP contribution in [0.2, 0.25) is 0 Å².